The lowest BCUT2D eigenvalue weighted by Crippen LogP contribution is -2.10. The van der Waals surface area contributed by atoms with E-state index in [-0.39, 0.29) is 11.4 Å². The van der Waals surface area contributed by atoms with Crippen LogP contribution in [0.3, 0.4) is 0 Å². The van der Waals surface area contributed by atoms with Crippen LogP contribution in [0.1, 0.15) is 25.3 Å². The Morgan fingerprint density at radius 2 is 1.87 bits per heavy atom. The molecule has 2 aromatic carbocycles. The first-order valence-corrected chi connectivity index (χ1v) is 7.99. The molecular weight excluding hydrogens is 315 g/mol. The van der Waals surface area contributed by atoms with Crippen molar-refractivity contribution in [3.8, 4) is 11.1 Å². The molecule has 4 heteroatoms. The summed E-state index contributed by atoms with van der Waals surface area (Å²) in [5.74, 6) is -0.358. The fourth-order valence-corrected chi connectivity index (χ4v) is 2.87. The highest BCUT2D eigenvalue weighted by molar-refractivity contribution is 6.30. The molecule has 0 N–H and O–H groups in total. The van der Waals surface area contributed by atoms with Crippen LogP contribution < -0.4 is 5.63 Å². The lowest BCUT2D eigenvalue weighted by Gasteiger charge is -2.12. The van der Waals surface area contributed by atoms with E-state index >= 15 is 0 Å². The molecule has 0 radical (unpaired) electrons. The zero-order valence-corrected chi connectivity index (χ0v) is 13.5. The predicted octanol–water partition coefficient (Wildman–Crippen LogP) is 5.60. The van der Waals surface area contributed by atoms with Crippen molar-refractivity contribution < 1.29 is 8.81 Å². The summed E-state index contributed by atoms with van der Waals surface area (Å²) < 4.78 is 19.1. The van der Waals surface area contributed by atoms with Gasteiger partial charge in [-0.1, -0.05) is 37.1 Å². The van der Waals surface area contributed by atoms with Crippen molar-refractivity contribution in [2.24, 2.45) is 0 Å². The molecule has 23 heavy (non-hydrogen) atoms. The van der Waals surface area contributed by atoms with E-state index in [9.17, 15) is 9.18 Å². The fourth-order valence-electron chi connectivity index (χ4n) is 2.74. The van der Waals surface area contributed by atoms with Crippen LogP contribution >= 0.6 is 11.6 Å². The molecule has 0 aliphatic rings. The third-order valence-electron chi connectivity index (χ3n) is 3.88. The summed E-state index contributed by atoms with van der Waals surface area (Å²) in [6.07, 6.45) is 2.43. The Kier molecular flexibility index (Phi) is 4.49. The number of rotatable bonds is 4. The average molecular weight is 331 g/mol. The highest BCUT2D eigenvalue weighted by Gasteiger charge is 2.16. The van der Waals surface area contributed by atoms with Gasteiger partial charge < -0.3 is 4.42 Å². The second-order valence-electron chi connectivity index (χ2n) is 5.49. The minimum atomic E-state index is -0.359. The lowest BCUT2D eigenvalue weighted by atomic mass is 9.94. The monoisotopic (exact) mass is 330 g/mol. The summed E-state index contributed by atoms with van der Waals surface area (Å²) in [5.41, 5.74) is 2.20. The molecule has 2 nitrogen and oxygen atoms in total. The predicted molar refractivity (Wildman–Crippen MR) is 91.5 cm³/mol. The first kappa shape index (κ1) is 15.8. The molecule has 3 rings (SSSR count). The van der Waals surface area contributed by atoms with Crippen LogP contribution in [-0.2, 0) is 6.42 Å². The van der Waals surface area contributed by atoms with Gasteiger partial charge in [-0.15, -0.1) is 0 Å². The molecule has 0 saturated carbocycles. The summed E-state index contributed by atoms with van der Waals surface area (Å²) in [5, 5.41) is 1.22. The Balaban J connectivity index is 2.35. The topological polar surface area (TPSA) is 30.2 Å². The summed E-state index contributed by atoms with van der Waals surface area (Å²) in [4.78, 5) is 12.4. The highest BCUT2D eigenvalue weighted by atomic mass is 35.5. The van der Waals surface area contributed by atoms with Gasteiger partial charge in [0.1, 0.15) is 11.4 Å². The van der Waals surface area contributed by atoms with Crippen molar-refractivity contribution in [1.29, 1.82) is 0 Å². The first-order valence-electron chi connectivity index (χ1n) is 7.61. The van der Waals surface area contributed by atoms with Crippen molar-refractivity contribution in [2.45, 2.75) is 26.2 Å². The van der Waals surface area contributed by atoms with Crippen molar-refractivity contribution in [3.63, 3.8) is 0 Å². The standard InChI is InChI=1S/C19H16ClFO2/c1-2-3-4-15-18(12-5-7-13(20)8-6-12)16-11-14(21)9-10-17(16)23-19(15)22/h5-11H,2-4H2,1H3. The maximum Gasteiger partial charge on any atom is 0.340 e. The molecule has 3 aromatic rings. The quantitative estimate of drug-likeness (QED) is 0.583. The first-order chi connectivity index (χ1) is 11.1. The Bertz CT molecular complexity index is 898. The molecular formula is C19H16ClFO2. The molecule has 0 amide bonds. The molecule has 0 saturated heterocycles. The second kappa shape index (κ2) is 6.55. The van der Waals surface area contributed by atoms with Crippen LogP contribution in [0.2, 0.25) is 5.02 Å². The Morgan fingerprint density at radius 1 is 1.13 bits per heavy atom. The zero-order chi connectivity index (χ0) is 16.4. The van der Waals surface area contributed by atoms with Gasteiger partial charge in [0, 0.05) is 21.5 Å². The average Bonchev–Trinajstić information content (AvgIpc) is 2.54. The summed E-state index contributed by atoms with van der Waals surface area (Å²) >= 11 is 5.96. The van der Waals surface area contributed by atoms with E-state index in [1.807, 2.05) is 12.1 Å². The van der Waals surface area contributed by atoms with Crippen molar-refractivity contribution >= 4 is 22.6 Å². The second-order valence-corrected chi connectivity index (χ2v) is 5.93. The lowest BCUT2D eigenvalue weighted by molar-refractivity contribution is 0.546. The molecule has 0 spiro atoms. The molecule has 0 aliphatic carbocycles. The Labute approximate surface area is 138 Å². The summed E-state index contributed by atoms with van der Waals surface area (Å²) in [6, 6.07) is 11.4. The van der Waals surface area contributed by atoms with Gasteiger partial charge in [-0.25, -0.2) is 9.18 Å². The van der Waals surface area contributed by atoms with Crippen LogP contribution in [0, 0.1) is 5.82 Å². The summed E-state index contributed by atoms with van der Waals surface area (Å²) in [7, 11) is 0. The van der Waals surface area contributed by atoms with Gasteiger partial charge >= 0.3 is 5.63 Å². The van der Waals surface area contributed by atoms with E-state index < -0.39 is 0 Å². The molecule has 0 unspecified atom stereocenters. The third kappa shape index (κ3) is 3.15. The van der Waals surface area contributed by atoms with Gasteiger partial charge in [0.2, 0.25) is 0 Å². The molecule has 1 heterocycles. The van der Waals surface area contributed by atoms with E-state index in [0.29, 0.717) is 28.0 Å². The number of hydrogen-bond acceptors (Lipinski definition) is 2. The highest BCUT2D eigenvalue weighted by Crippen LogP contribution is 2.32. The van der Waals surface area contributed by atoms with Crippen LogP contribution in [0.15, 0.2) is 51.7 Å². The van der Waals surface area contributed by atoms with Crippen LogP contribution in [0.25, 0.3) is 22.1 Å². The number of fused-ring (bicyclic) bond motifs is 1. The van der Waals surface area contributed by atoms with Gasteiger partial charge in [-0.3, -0.25) is 0 Å². The number of hydrogen-bond donors (Lipinski definition) is 0. The third-order valence-corrected chi connectivity index (χ3v) is 4.13. The zero-order valence-electron chi connectivity index (χ0n) is 12.7. The Hall–Kier alpha value is -2.13. The van der Waals surface area contributed by atoms with Gasteiger partial charge in [-0.05, 0) is 48.7 Å². The van der Waals surface area contributed by atoms with E-state index in [4.69, 9.17) is 16.0 Å². The smallest absolute Gasteiger partial charge is 0.340 e. The van der Waals surface area contributed by atoms with E-state index in [2.05, 4.69) is 6.92 Å². The van der Waals surface area contributed by atoms with Crippen molar-refractivity contribution in [3.05, 3.63) is 69.3 Å². The van der Waals surface area contributed by atoms with E-state index in [1.165, 1.54) is 18.2 Å². The van der Waals surface area contributed by atoms with Crippen LogP contribution in [0.4, 0.5) is 4.39 Å². The van der Waals surface area contributed by atoms with Crippen LogP contribution in [0.5, 0.6) is 0 Å². The molecule has 118 valence electrons. The van der Waals surface area contributed by atoms with E-state index in [1.54, 1.807) is 12.1 Å². The minimum absolute atomic E-state index is 0.358. The Morgan fingerprint density at radius 3 is 2.57 bits per heavy atom. The molecule has 1 aromatic heterocycles. The largest absolute Gasteiger partial charge is 0.422 e. The molecule has 0 bridgehead atoms. The van der Waals surface area contributed by atoms with Gasteiger partial charge in [-0.2, -0.15) is 0 Å². The maximum atomic E-state index is 13.7. The van der Waals surface area contributed by atoms with Crippen molar-refractivity contribution in [1.82, 2.24) is 0 Å². The maximum absolute atomic E-state index is 13.7. The fraction of sp³-hybridized carbons (Fsp3) is 0.211. The molecule has 0 aliphatic heterocycles. The van der Waals surface area contributed by atoms with Gasteiger partial charge in [0.05, 0.1) is 0 Å². The summed E-state index contributed by atoms with van der Waals surface area (Å²) in [6.45, 7) is 2.06. The van der Waals surface area contributed by atoms with Crippen LogP contribution in [-0.4, -0.2) is 0 Å². The molecule has 0 atom stereocenters. The van der Waals surface area contributed by atoms with Crippen molar-refractivity contribution in [2.75, 3.05) is 0 Å². The SMILES string of the molecule is CCCCc1c(-c2ccc(Cl)cc2)c2cc(F)ccc2oc1=O. The van der Waals surface area contributed by atoms with Gasteiger partial charge in [0.25, 0.3) is 0 Å². The normalized spacial score (nSPS) is 11.1. The van der Waals surface area contributed by atoms with E-state index in [0.717, 1.165) is 24.0 Å². The number of halogens is 2. The van der Waals surface area contributed by atoms with Gasteiger partial charge in [0.15, 0.2) is 0 Å². The number of benzene rings is 2. The minimum Gasteiger partial charge on any atom is -0.422 e. The number of unbranched alkanes of at least 4 members (excludes halogenated alkanes) is 1. The molecule has 0 fully saturated rings.